The topological polar surface area (TPSA) is 84.3 Å². The molecule has 1 unspecified atom stereocenters. The second-order valence-corrected chi connectivity index (χ2v) is 5.82. The number of amides is 1. The Morgan fingerprint density at radius 2 is 2.08 bits per heavy atom. The third kappa shape index (κ3) is 3.44. The highest BCUT2D eigenvalue weighted by molar-refractivity contribution is 6.30. The SMILES string of the molecule is Cc1cc(Cl)ccc1OC(C)C(=O)Nc1ccc2oc(=O)[nH]c2c1. The molecule has 1 heterocycles. The van der Waals surface area contributed by atoms with Crippen LogP contribution in [0.2, 0.25) is 5.02 Å². The Labute approximate surface area is 142 Å². The molecule has 0 radical (unpaired) electrons. The molecule has 24 heavy (non-hydrogen) atoms. The molecule has 0 aliphatic rings. The Morgan fingerprint density at radius 1 is 1.29 bits per heavy atom. The lowest BCUT2D eigenvalue weighted by Gasteiger charge is -2.16. The molecule has 1 aromatic heterocycles. The molecule has 2 N–H and O–H groups in total. The number of hydrogen-bond donors (Lipinski definition) is 2. The predicted octanol–water partition coefficient (Wildman–Crippen LogP) is 3.49. The van der Waals surface area contributed by atoms with Crippen molar-refractivity contribution in [2.24, 2.45) is 0 Å². The van der Waals surface area contributed by atoms with Crippen molar-refractivity contribution in [3.8, 4) is 5.75 Å². The van der Waals surface area contributed by atoms with E-state index in [4.69, 9.17) is 20.8 Å². The van der Waals surface area contributed by atoms with Crippen LogP contribution in [0.4, 0.5) is 5.69 Å². The number of aromatic nitrogens is 1. The fraction of sp³-hybridized carbons (Fsp3) is 0.176. The van der Waals surface area contributed by atoms with E-state index in [2.05, 4.69) is 10.3 Å². The van der Waals surface area contributed by atoms with Crippen molar-refractivity contribution >= 4 is 34.3 Å². The van der Waals surface area contributed by atoms with E-state index in [1.165, 1.54) is 0 Å². The molecule has 0 aliphatic heterocycles. The summed E-state index contributed by atoms with van der Waals surface area (Å²) >= 11 is 5.91. The van der Waals surface area contributed by atoms with Gasteiger partial charge in [-0.05, 0) is 55.8 Å². The van der Waals surface area contributed by atoms with E-state index in [0.717, 1.165) is 5.56 Å². The van der Waals surface area contributed by atoms with Gasteiger partial charge < -0.3 is 14.5 Å². The van der Waals surface area contributed by atoms with Crippen LogP contribution >= 0.6 is 11.6 Å². The van der Waals surface area contributed by atoms with E-state index < -0.39 is 11.9 Å². The van der Waals surface area contributed by atoms with Gasteiger partial charge in [0, 0.05) is 10.7 Å². The van der Waals surface area contributed by atoms with Crippen molar-refractivity contribution in [3.05, 3.63) is 57.5 Å². The van der Waals surface area contributed by atoms with Crippen LogP contribution in [-0.4, -0.2) is 17.0 Å². The number of fused-ring (bicyclic) bond motifs is 1. The minimum atomic E-state index is -0.705. The molecule has 0 spiro atoms. The smallest absolute Gasteiger partial charge is 0.417 e. The zero-order chi connectivity index (χ0) is 17.3. The van der Waals surface area contributed by atoms with Gasteiger partial charge in [-0.2, -0.15) is 0 Å². The molecule has 0 bridgehead atoms. The zero-order valence-corrected chi connectivity index (χ0v) is 13.8. The maximum atomic E-state index is 12.3. The molecule has 6 nitrogen and oxygen atoms in total. The Morgan fingerprint density at radius 3 is 2.83 bits per heavy atom. The van der Waals surface area contributed by atoms with Crippen molar-refractivity contribution in [2.75, 3.05) is 5.32 Å². The number of oxazole rings is 1. The second-order valence-electron chi connectivity index (χ2n) is 5.38. The maximum Gasteiger partial charge on any atom is 0.417 e. The summed E-state index contributed by atoms with van der Waals surface area (Å²) in [6.07, 6.45) is -0.705. The van der Waals surface area contributed by atoms with E-state index in [1.54, 1.807) is 43.3 Å². The molecule has 3 rings (SSSR count). The fourth-order valence-corrected chi connectivity index (χ4v) is 2.49. The van der Waals surface area contributed by atoms with Gasteiger partial charge in [-0.1, -0.05) is 11.6 Å². The largest absolute Gasteiger partial charge is 0.481 e. The number of ether oxygens (including phenoxy) is 1. The lowest BCUT2D eigenvalue weighted by molar-refractivity contribution is -0.122. The van der Waals surface area contributed by atoms with Gasteiger partial charge in [-0.25, -0.2) is 4.79 Å². The van der Waals surface area contributed by atoms with E-state index in [-0.39, 0.29) is 5.91 Å². The second kappa shape index (κ2) is 6.41. The van der Waals surface area contributed by atoms with Crippen LogP contribution in [0.3, 0.4) is 0 Å². The number of H-pyrrole nitrogens is 1. The third-order valence-electron chi connectivity index (χ3n) is 3.50. The Kier molecular flexibility index (Phi) is 4.31. The number of benzene rings is 2. The Hall–Kier alpha value is -2.73. The number of rotatable bonds is 4. The first-order valence-corrected chi connectivity index (χ1v) is 7.67. The first-order valence-electron chi connectivity index (χ1n) is 7.29. The van der Waals surface area contributed by atoms with Gasteiger partial charge in [0.15, 0.2) is 11.7 Å². The van der Waals surface area contributed by atoms with Gasteiger partial charge in [0.2, 0.25) is 0 Å². The van der Waals surface area contributed by atoms with Gasteiger partial charge >= 0.3 is 5.76 Å². The van der Waals surface area contributed by atoms with Crippen LogP contribution in [0, 0.1) is 6.92 Å². The lowest BCUT2D eigenvalue weighted by atomic mass is 10.2. The van der Waals surface area contributed by atoms with Crippen LogP contribution in [-0.2, 0) is 4.79 Å². The number of carbonyl (C=O) groups is 1. The number of halogens is 1. The van der Waals surface area contributed by atoms with Gasteiger partial charge in [0.05, 0.1) is 5.52 Å². The minimum absolute atomic E-state index is 0.311. The standard InChI is InChI=1S/C17H15ClN2O4/c1-9-7-11(18)3-5-14(9)23-10(2)16(21)19-12-4-6-15-13(8-12)20-17(22)24-15/h3-8,10H,1-2H3,(H,19,21)(H,20,22). The molecule has 0 aliphatic carbocycles. The normalized spacial score (nSPS) is 12.1. The van der Waals surface area contributed by atoms with Crippen LogP contribution in [0.15, 0.2) is 45.6 Å². The number of aromatic amines is 1. The highest BCUT2D eigenvalue weighted by Crippen LogP contribution is 2.23. The van der Waals surface area contributed by atoms with Gasteiger partial charge in [-0.3, -0.25) is 9.78 Å². The molecule has 1 atom stereocenters. The summed E-state index contributed by atoms with van der Waals surface area (Å²) in [5, 5.41) is 3.35. The molecule has 124 valence electrons. The van der Waals surface area contributed by atoms with E-state index in [0.29, 0.717) is 27.6 Å². The summed E-state index contributed by atoms with van der Waals surface area (Å²) in [6.45, 7) is 3.51. The van der Waals surface area contributed by atoms with E-state index in [1.807, 2.05) is 6.92 Å². The van der Waals surface area contributed by atoms with E-state index in [9.17, 15) is 9.59 Å². The van der Waals surface area contributed by atoms with Crippen molar-refractivity contribution in [1.29, 1.82) is 0 Å². The molecule has 0 fully saturated rings. The molecular weight excluding hydrogens is 332 g/mol. The number of nitrogens with one attached hydrogen (secondary N) is 2. The summed E-state index contributed by atoms with van der Waals surface area (Å²) in [5.74, 6) is -0.255. The summed E-state index contributed by atoms with van der Waals surface area (Å²) in [6, 6.07) is 10.1. The van der Waals surface area contributed by atoms with Crippen molar-refractivity contribution in [1.82, 2.24) is 4.98 Å². The van der Waals surface area contributed by atoms with Crippen molar-refractivity contribution in [2.45, 2.75) is 20.0 Å². The summed E-state index contributed by atoms with van der Waals surface area (Å²) in [7, 11) is 0. The molecule has 3 aromatic rings. The van der Waals surface area contributed by atoms with Crippen LogP contribution in [0.5, 0.6) is 5.75 Å². The third-order valence-corrected chi connectivity index (χ3v) is 3.73. The van der Waals surface area contributed by atoms with Crippen LogP contribution in [0.1, 0.15) is 12.5 Å². The maximum absolute atomic E-state index is 12.3. The summed E-state index contributed by atoms with van der Waals surface area (Å²) < 4.78 is 10.6. The molecule has 2 aromatic carbocycles. The average molecular weight is 347 g/mol. The average Bonchev–Trinajstić information content (AvgIpc) is 2.89. The summed E-state index contributed by atoms with van der Waals surface area (Å²) in [5.41, 5.74) is 2.33. The monoisotopic (exact) mass is 346 g/mol. The van der Waals surface area contributed by atoms with Crippen LogP contribution in [0.25, 0.3) is 11.1 Å². The first kappa shape index (κ1) is 16.1. The van der Waals surface area contributed by atoms with E-state index >= 15 is 0 Å². The fourth-order valence-electron chi connectivity index (χ4n) is 2.26. The lowest BCUT2D eigenvalue weighted by Crippen LogP contribution is -2.30. The van der Waals surface area contributed by atoms with Crippen molar-refractivity contribution < 1.29 is 13.9 Å². The quantitative estimate of drug-likeness (QED) is 0.757. The number of carbonyl (C=O) groups excluding carboxylic acids is 1. The zero-order valence-electron chi connectivity index (χ0n) is 13.1. The highest BCUT2D eigenvalue weighted by atomic mass is 35.5. The minimum Gasteiger partial charge on any atom is -0.481 e. The van der Waals surface area contributed by atoms with Crippen molar-refractivity contribution in [3.63, 3.8) is 0 Å². The van der Waals surface area contributed by atoms with Gasteiger partial charge in [-0.15, -0.1) is 0 Å². The molecule has 7 heteroatoms. The number of anilines is 1. The van der Waals surface area contributed by atoms with Gasteiger partial charge in [0.1, 0.15) is 5.75 Å². The molecule has 1 amide bonds. The Bertz CT molecular complexity index is 961. The highest BCUT2D eigenvalue weighted by Gasteiger charge is 2.16. The number of aryl methyl sites for hydroxylation is 1. The molecule has 0 saturated heterocycles. The Balaban J connectivity index is 1.71. The molecular formula is C17H15ClN2O4. The van der Waals surface area contributed by atoms with Gasteiger partial charge in [0.25, 0.3) is 5.91 Å². The molecule has 0 saturated carbocycles. The first-order chi connectivity index (χ1) is 11.4. The van der Waals surface area contributed by atoms with Crippen LogP contribution < -0.4 is 15.8 Å². The number of hydrogen-bond acceptors (Lipinski definition) is 4. The predicted molar refractivity (Wildman–Crippen MR) is 91.7 cm³/mol. The summed E-state index contributed by atoms with van der Waals surface area (Å²) in [4.78, 5) is 26.0.